The van der Waals surface area contributed by atoms with Crippen LogP contribution in [0.5, 0.6) is 0 Å². The van der Waals surface area contributed by atoms with Crippen molar-refractivity contribution in [3.63, 3.8) is 0 Å². The highest BCUT2D eigenvalue weighted by Crippen LogP contribution is 2.16. The molecule has 5 nitrogen and oxygen atoms in total. The van der Waals surface area contributed by atoms with Crippen LogP contribution >= 0.6 is 0 Å². The van der Waals surface area contributed by atoms with Gasteiger partial charge in [0.05, 0.1) is 6.10 Å². The van der Waals surface area contributed by atoms with E-state index in [1.165, 1.54) is 43.5 Å². The molecule has 2 amide bonds. The Morgan fingerprint density at radius 1 is 1.04 bits per heavy atom. The molecule has 0 fully saturated rings. The summed E-state index contributed by atoms with van der Waals surface area (Å²) >= 11 is 0. The normalized spacial score (nSPS) is 11.6. The SMILES string of the molecule is COC(CNC(=O)C(=O)Nc1cccc(F)c1)c1cccc(F)c1. The van der Waals surface area contributed by atoms with Crippen molar-refractivity contribution >= 4 is 17.5 Å². The maximum atomic E-state index is 13.2. The van der Waals surface area contributed by atoms with Crippen LogP contribution in [0.1, 0.15) is 11.7 Å². The van der Waals surface area contributed by atoms with Gasteiger partial charge in [0.2, 0.25) is 0 Å². The Morgan fingerprint density at radius 3 is 2.33 bits per heavy atom. The number of benzene rings is 2. The lowest BCUT2D eigenvalue weighted by Crippen LogP contribution is -2.38. The third-order valence-corrected chi connectivity index (χ3v) is 3.24. The maximum absolute atomic E-state index is 13.2. The fraction of sp³-hybridized carbons (Fsp3) is 0.176. The summed E-state index contributed by atoms with van der Waals surface area (Å²) in [5.74, 6) is -2.80. The first-order chi connectivity index (χ1) is 11.5. The molecule has 0 saturated carbocycles. The fourth-order valence-electron chi connectivity index (χ4n) is 2.06. The van der Waals surface area contributed by atoms with E-state index in [-0.39, 0.29) is 12.2 Å². The first kappa shape index (κ1) is 17.6. The van der Waals surface area contributed by atoms with Gasteiger partial charge in [-0.3, -0.25) is 9.59 Å². The van der Waals surface area contributed by atoms with E-state index in [0.717, 1.165) is 6.07 Å². The zero-order valence-electron chi connectivity index (χ0n) is 12.9. The molecule has 1 atom stereocenters. The second-order valence-corrected chi connectivity index (χ2v) is 4.95. The third-order valence-electron chi connectivity index (χ3n) is 3.24. The van der Waals surface area contributed by atoms with Crippen LogP contribution in [0.25, 0.3) is 0 Å². The third kappa shape index (κ3) is 4.85. The van der Waals surface area contributed by atoms with Crippen LogP contribution < -0.4 is 10.6 Å². The van der Waals surface area contributed by atoms with E-state index in [2.05, 4.69) is 10.6 Å². The molecule has 0 saturated heterocycles. The second kappa shape index (κ2) is 8.16. The average molecular weight is 334 g/mol. The van der Waals surface area contributed by atoms with Gasteiger partial charge < -0.3 is 15.4 Å². The molecule has 2 aromatic rings. The predicted molar refractivity (Wildman–Crippen MR) is 84.2 cm³/mol. The molecule has 126 valence electrons. The molecule has 0 aliphatic rings. The molecular weight excluding hydrogens is 318 g/mol. The van der Waals surface area contributed by atoms with Gasteiger partial charge in [0, 0.05) is 19.3 Å². The van der Waals surface area contributed by atoms with Gasteiger partial charge in [0.1, 0.15) is 11.6 Å². The highest BCUT2D eigenvalue weighted by molar-refractivity contribution is 6.39. The van der Waals surface area contributed by atoms with Crippen LogP contribution in [-0.2, 0) is 14.3 Å². The number of rotatable bonds is 5. The largest absolute Gasteiger partial charge is 0.375 e. The molecule has 7 heteroatoms. The Hall–Kier alpha value is -2.80. The first-order valence-corrected chi connectivity index (χ1v) is 7.12. The molecule has 0 aliphatic heterocycles. The van der Waals surface area contributed by atoms with Gasteiger partial charge in [-0.25, -0.2) is 8.78 Å². The summed E-state index contributed by atoms with van der Waals surface area (Å²) in [6.45, 7) is -0.0185. The molecule has 0 heterocycles. The monoisotopic (exact) mass is 334 g/mol. The molecule has 2 aromatic carbocycles. The van der Waals surface area contributed by atoms with Crippen LogP contribution in [0.15, 0.2) is 48.5 Å². The van der Waals surface area contributed by atoms with E-state index >= 15 is 0 Å². The summed E-state index contributed by atoms with van der Waals surface area (Å²) in [6.07, 6.45) is -0.605. The Bertz CT molecular complexity index is 737. The number of methoxy groups -OCH3 is 1. The van der Waals surface area contributed by atoms with E-state index in [9.17, 15) is 18.4 Å². The van der Waals surface area contributed by atoms with Crippen LogP contribution in [0.3, 0.4) is 0 Å². The number of hydrogen-bond donors (Lipinski definition) is 2. The molecule has 2 N–H and O–H groups in total. The quantitative estimate of drug-likeness (QED) is 0.825. The Labute approximate surface area is 137 Å². The number of amides is 2. The predicted octanol–water partition coefficient (Wildman–Crippen LogP) is 2.41. The van der Waals surface area contributed by atoms with Crippen LogP contribution in [-0.4, -0.2) is 25.5 Å². The highest BCUT2D eigenvalue weighted by atomic mass is 19.1. The van der Waals surface area contributed by atoms with E-state index in [4.69, 9.17) is 4.74 Å². The molecule has 1 unspecified atom stereocenters. The molecule has 0 bridgehead atoms. The van der Waals surface area contributed by atoms with Crippen molar-refractivity contribution in [2.24, 2.45) is 0 Å². The molecule has 0 radical (unpaired) electrons. The second-order valence-electron chi connectivity index (χ2n) is 4.95. The average Bonchev–Trinajstić information content (AvgIpc) is 2.55. The summed E-state index contributed by atoms with van der Waals surface area (Å²) in [7, 11) is 1.41. The molecule has 0 aromatic heterocycles. The van der Waals surface area contributed by atoms with Crippen molar-refractivity contribution in [2.45, 2.75) is 6.10 Å². The lowest BCUT2D eigenvalue weighted by Gasteiger charge is -2.16. The number of nitrogens with one attached hydrogen (secondary N) is 2. The number of anilines is 1. The smallest absolute Gasteiger partial charge is 0.313 e. The fourth-order valence-corrected chi connectivity index (χ4v) is 2.06. The molecule has 2 rings (SSSR count). The van der Waals surface area contributed by atoms with Gasteiger partial charge >= 0.3 is 11.8 Å². The summed E-state index contributed by atoms with van der Waals surface area (Å²) in [4.78, 5) is 23.6. The van der Waals surface area contributed by atoms with Gasteiger partial charge in [0.25, 0.3) is 0 Å². The Morgan fingerprint density at radius 2 is 1.71 bits per heavy atom. The minimum atomic E-state index is -0.935. The lowest BCUT2D eigenvalue weighted by atomic mass is 10.1. The topological polar surface area (TPSA) is 67.4 Å². The molecule has 24 heavy (non-hydrogen) atoms. The standard InChI is InChI=1S/C17H16F2N2O3/c1-24-15(11-4-2-5-12(18)8-11)10-20-16(22)17(23)21-14-7-3-6-13(19)9-14/h2-9,15H,10H2,1H3,(H,20,22)(H,21,23). The lowest BCUT2D eigenvalue weighted by molar-refractivity contribution is -0.136. The van der Waals surface area contributed by atoms with Crippen LogP contribution in [0.4, 0.5) is 14.5 Å². The van der Waals surface area contributed by atoms with Crippen molar-refractivity contribution < 1.29 is 23.1 Å². The summed E-state index contributed by atoms with van der Waals surface area (Å²) in [6, 6.07) is 10.9. The minimum Gasteiger partial charge on any atom is -0.375 e. The number of carbonyl (C=O) groups excluding carboxylic acids is 2. The van der Waals surface area contributed by atoms with Crippen molar-refractivity contribution in [1.82, 2.24) is 5.32 Å². The van der Waals surface area contributed by atoms with Crippen LogP contribution in [0.2, 0.25) is 0 Å². The highest BCUT2D eigenvalue weighted by Gasteiger charge is 2.17. The molecule has 0 spiro atoms. The number of ether oxygens (including phenoxy) is 1. The van der Waals surface area contributed by atoms with Gasteiger partial charge in [-0.15, -0.1) is 0 Å². The van der Waals surface area contributed by atoms with Crippen molar-refractivity contribution in [2.75, 3.05) is 19.0 Å². The number of hydrogen-bond acceptors (Lipinski definition) is 3. The van der Waals surface area contributed by atoms with E-state index < -0.39 is 29.6 Å². The summed E-state index contributed by atoms with van der Waals surface area (Å²) in [5, 5.41) is 4.68. The van der Waals surface area contributed by atoms with E-state index in [1.54, 1.807) is 6.07 Å². The number of halogens is 2. The Balaban J connectivity index is 1.92. The van der Waals surface area contributed by atoms with Gasteiger partial charge in [0.15, 0.2) is 0 Å². The maximum Gasteiger partial charge on any atom is 0.313 e. The van der Waals surface area contributed by atoms with Crippen molar-refractivity contribution in [3.8, 4) is 0 Å². The molecular formula is C17H16F2N2O3. The Kier molecular flexibility index (Phi) is 5.97. The van der Waals surface area contributed by atoms with Crippen LogP contribution in [0, 0.1) is 11.6 Å². The zero-order chi connectivity index (χ0) is 17.5. The van der Waals surface area contributed by atoms with Gasteiger partial charge in [-0.2, -0.15) is 0 Å². The van der Waals surface area contributed by atoms with E-state index in [1.807, 2.05) is 0 Å². The number of carbonyl (C=O) groups is 2. The van der Waals surface area contributed by atoms with Crippen molar-refractivity contribution in [1.29, 1.82) is 0 Å². The summed E-state index contributed by atoms with van der Waals surface area (Å²) < 4.78 is 31.5. The van der Waals surface area contributed by atoms with Gasteiger partial charge in [-0.05, 0) is 35.9 Å². The minimum absolute atomic E-state index is 0.0185. The summed E-state index contributed by atoms with van der Waals surface area (Å²) in [5.41, 5.74) is 0.701. The zero-order valence-corrected chi connectivity index (χ0v) is 12.9. The molecule has 0 aliphatic carbocycles. The van der Waals surface area contributed by atoms with E-state index in [0.29, 0.717) is 5.56 Å². The van der Waals surface area contributed by atoms with Crippen molar-refractivity contribution in [3.05, 3.63) is 65.7 Å². The van der Waals surface area contributed by atoms with Gasteiger partial charge in [-0.1, -0.05) is 18.2 Å². The first-order valence-electron chi connectivity index (χ1n) is 7.12.